The topological polar surface area (TPSA) is 55.1 Å². The Labute approximate surface area is 112 Å². The number of thiophene rings is 1. The summed E-state index contributed by atoms with van der Waals surface area (Å²) >= 11 is 1.61. The number of hydrogen-bond donors (Lipinski definition) is 2. The summed E-state index contributed by atoms with van der Waals surface area (Å²) in [6.45, 7) is 0. The van der Waals surface area contributed by atoms with Crippen LogP contribution in [0.15, 0.2) is 16.8 Å². The van der Waals surface area contributed by atoms with Gasteiger partial charge in [-0.1, -0.05) is 6.42 Å². The first-order valence-corrected chi connectivity index (χ1v) is 7.77. The van der Waals surface area contributed by atoms with E-state index in [1.165, 1.54) is 19.3 Å². The Morgan fingerprint density at radius 1 is 1.33 bits per heavy atom. The summed E-state index contributed by atoms with van der Waals surface area (Å²) in [4.78, 5) is 12.3. The maximum Gasteiger partial charge on any atom is 0.227 e. The molecule has 3 nitrogen and oxygen atoms in total. The van der Waals surface area contributed by atoms with Crippen LogP contribution >= 0.6 is 11.3 Å². The van der Waals surface area contributed by atoms with Crippen molar-refractivity contribution in [1.29, 1.82) is 0 Å². The zero-order valence-electron chi connectivity index (χ0n) is 10.5. The van der Waals surface area contributed by atoms with E-state index in [1.54, 1.807) is 11.3 Å². The summed E-state index contributed by atoms with van der Waals surface area (Å²) in [5.41, 5.74) is 7.19. The van der Waals surface area contributed by atoms with Crippen molar-refractivity contribution < 1.29 is 4.79 Å². The third-order valence-electron chi connectivity index (χ3n) is 4.57. The number of amides is 1. The number of nitrogens with one attached hydrogen (secondary N) is 1. The predicted molar refractivity (Wildman–Crippen MR) is 74.5 cm³/mol. The maximum absolute atomic E-state index is 12.3. The number of carbonyl (C=O) groups is 1. The SMILES string of the molecule is NC1C2CCCC1CC(C(=O)Nc1ccsc1)C2. The van der Waals surface area contributed by atoms with Crippen molar-refractivity contribution in [3.05, 3.63) is 16.8 Å². The second-order valence-corrected chi connectivity index (χ2v) is 6.48. The fourth-order valence-corrected chi connectivity index (χ4v) is 4.17. The van der Waals surface area contributed by atoms with Crippen LogP contribution in [0.4, 0.5) is 5.69 Å². The van der Waals surface area contributed by atoms with Crippen molar-refractivity contribution in [2.24, 2.45) is 23.5 Å². The second kappa shape index (κ2) is 5.02. The minimum Gasteiger partial charge on any atom is -0.327 e. The normalized spacial score (nSPS) is 35.2. The number of nitrogens with two attached hydrogens (primary N) is 1. The number of anilines is 1. The molecule has 2 unspecified atom stereocenters. The highest BCUT2D eigenvalue weighted by Crippen LogP contribution is 2.42. The standard InChI is InChI=1S/C14H20N2OS/c15-13-9-2-1-3-10(13)7-11(6-9)14(17)16-12-4-5-18-8-12/h4-5,8-11,13H,1-3,6-7,15H2,(H,16,17). The van der Waals surface area contributed by atoms with Crippen LogP contribution in [0.1, 0.15) is 32.1 Å². The van der Waals surface area contributed by atoms with E-state index in [-0.39, 0.29) is 11.8 Å². The Morgan fingerprint density at radius 3 is 2.67 bits per heavy atom. The molecule has 3 N–H and O–H groups in total. The molecule has 0 aliphatic heterocycles. The number of carbonyl (C=O) groups excluding carboxylic acids is 1. The van der Waals surface area contributed by atoms with Gasteiger partial charge in [-0.05, 0) is 49.0 Å². The lowest BCUT2D eigenvalue weighted by Crippen LogP contribution is -2.48. The minimum absolute atomic E-state index is 0.167. The molecule has 1 aromatic heterocycles. The lowest BCUT2D eigenvalue weighted by atomic mass is 9.65. The molecular formula is C14H20N2OS. The Bertz CT molecular complexity index is 403. The summed E-state index contributed by atoms with van der Waals surface area (Å²) in [7, 11) is 0. The van der Waals surface area contributed by atoms with Crippen LogP contribution < -0.4 is 11.1 Å². The fraction of sp³-hybridized carbons (Fsp3) is 0.643. The van der Waals surface area contributed by atoms with Gasteiger partial charge in [0.25, 0.3) is 0 Å². The molecule has 0 aromatic carbocycles. The molecule has 2 bridgehead atoms. The van der Waals surface area contributed by atoms with Gasteiger partial charge in [0.05, 0.1) is 5.69 Å². The monoisotopic (exact) mass is 264 g/mol. The van der Waals surface area contributed by atoms with Crippen molar-refractivity contribution in [3.63, 3.8) is 0 Å². The largest absolute Gasteiger partial charge is 0.327 e. The van der Waals surface area contributed by atoms with Crippen LogP contribution in [0, 0.1) is 17.8 Å². The Morgan fingerprint density at radius 2 is 2.06 bits per heavy atom. The van der Waals surface area contributed by atoms with Gasteiger partial charge in [0.1, 0.15) is 0 Å². The fourth-order valence-electron chi connectivity index (χ4n) is 3.58. The summed E-state index contributed by atoms with van der Waals surface area (Å²) in [6.07, 6.45) is 5.67. The highest BCUT2D eigenvalue weighted by molar-refractivity contribution is 7.08. The Hall–Kier alpha value is -0.870. The van der Waals surface area contributed by atoms with Gasteiger partial charge in [0.15, 0.2) is 0 Å². The van der Waals surface area contributed by atoms with Crippen molar-refractivity contribution >= 4 is 22.9 Å². The molecule has 1 amide bonds. The summed E-state index contributed by atoms with van der Waals surface area (Å²) in [5, 5.41) is 6.99. The molecule has 2 aliphatic rings. The van der Waals surface area contributed by atoms with Gasteiger partial charge in [0.2, 0.25) is 5.91 Å². The molecule has 0 radical (unpaired) electrons. The minimum atomic E-state index is 0.167. The molecule has 3 rings (SSSR count). The van der Waals surface area contributed by atoms with Gasteiger partial charge < -0.3 is 11.1 Å². The maximum atomic E-state index is 12.3. The third kappa shape index (κ3) is 2.31. The van der Waals surface area contributed by atoms with E-state index >= 15 is 0 Å². The number of fused-ring (bicyclic) bond motifs is 2. The Kier molecular flexibility index (Phi) is 3.39. The highest BCUT2D eigenvalue weighted by Gasteiger charge is 2.40. The highest BCUT2D eigenvalue weighted by atomic mass is 32.1. The first-order valence-electron chi connectivity index (χ1n) is 6.82. The Balaban J connectivity index is 1.65. The average Bonchev–Trinajstić information content (AvgIpc) is 2.81. The first kappa shape index (κ1) is 12.2. The number of hydrogen-bond acceptors (Lipinski definition) is 3. The molecule has 1 heterocycles. The first-order chi connectivity index (χ1) is 8.74. The van der Waals surface area contributed by atoms with Crippen LogP contribution in [0.5, 0.6) is 0 Å². The van der Waals surface area contributed by atoms with Crippen molar-refractivity contribution in [1.82, 2.24) is 0 Å². The number of rotatable bonds is 2. The van der Waals surface area contributed by atoms with Crippen molar-refractivity contribution in [2.75, 3.05) is 5.32 Å². The van der Waals surface area contributed by atoms with Gasteiger partial charge >= 0.3 is 0 Å². The average molecular weight is 264 g/mol. The van der Waals surface area contributed by atoms with E-state index in [0.717, 1.165) is 18.5 Å². The van der Waals surface area contributed by atoms with Crippen molar-refractivity contribution in [3.8, 4) is 0 Å². The van der Waals surface area contributed by atoms with Crippen LogP contribution in [0.2, 0.25) is 0 Å². The zero-order valence-corrected chi connectivity index (χ0v) is 11.3. The summed E-state index contributed by atoms with van der Waals surface area (Å²) in [6, 6.07) is 2.29. The van der Waals surface area contributed by atoms with E-state index in [9.17, 15) is 4.79 Å². The van der Waals surface area contributed by atoms with Crippen LogP contribution in [0.25, 0.3) is 0 Å². The van der Waals surface area contributed by atoms with Gasteiger partial charge in [-0.2, -0.15) is 11.3 Å². The van der Waals surface area contributed by atoms with Gasteiger partial charge in [0, 0.05) is 17.3 Å². The third-order valence-corrected chi connectivity index (χ3v) is 5.26. The van der Waals surface area contributed by atoms with Crippen LogP contribution in [-0.2, 0) is 4.79 Å². The van der Waals surface area contributed by atoms with Gasteiger partial charge in [-0.25, -0.2) is 0 Å². The zero-order chi connectivity index (χ0) is 12.5. The molecule has 4 heteroatoms. The quantitative estimate of drug-likeness (QED) is 0.863. The van der Waals surface area contributed by atoms with E-state index in [4.69, 9.17) is 5.73 Å². The van der Waals surface area contributed by atoms with Gasteiger partial charge in [-0.15, -0.1) is 0 Å². The summed E-state index contributed by atoms with van der Waals surface area (Å²) in [5.74, 6) is 1.49. The molecule has 0 spiro atoms. The van der Waals surface area contributed by atoms with Crippen LogP contribution in [0.3, 0.4) is 0 Å². The molecule has 0 saturated heterocycles. The van der Waals surface area contributed by atoms with Crippen molar-refractivity contribution in [2.45, 2.75) is 38.1 Å². The lowest BCUT2D eigenvalue weighted by molar-refractivity contribution is -0.122. The molecule has 2 atom stereocenters. The lowest BCUT2D eigenvalue weighted by Gasteiger charge is -2.43. The molecular weight excluding hydrogens is 244 g/mol. The molecule has 2 saturated carbocycles. The summed E-state index contributed by atoms with van der Waals surface area (Å²) < 4.78 is 0. The van der Waals surface area contributed by atoms with Gasteiger partial charge in [-0.3, -0.25) is 4.79 Å². The predicted octanol–water partition coefficient (Wildman–Crippen LogP) is 2.84. The molecule has 18 heavy (non-hydrogen) atoms. The second-order valence-electron chi connectivity index (χ2n) is 5.70. The van der Waals surface area contributed by atoms with E-state index < -0.39 is 0 Å². The smallest absolute Gasteiger partial charge is 0.227 e. The van der Waals surface area contributed by atoms with E-state index in [2.05, 4.69) is 5.32 Å². The van der Waals surface area contributed by atoms with E-state index in [0.29, 0.717) is 17.9 Å². The molecule has 2 fully saturated rings. The molecule has 1 aromatic rings. The molecule has 2 aliphatic carbocycles. The molecule has 98 valence electrons. The van der Waals surface area contributed by atoms with E-state index in [1.807, 2.05) is 16.8 Å². The van der Waals surface area contributed by atoms with Crippen LogP contribution in [-0.4, -0.2) is 11.9 Å².